The highest BCUT2D eigenvalue weighted by Crippen LogP contribution is 2.40. The summed E-state index contributed by atoms with van der Waals surface area (Å²) in [6.07, 6.45) is 0.872. The number of benzene rings is 1. The number of hydrogen-bond donors (Lipinski definition) is 0. The van der Waals surface area contributed by atoms with Gasteiger partial charge in [0.2, 0.25) is 11.6 Å². The van der Waals surface area contributed by atoms with Crippen LogP contribution in [0.3, 0.4) is 0 Å². The second-order valence-corrected chi connectivity index (χ2v) is 7.29. The first-order valence-corrected chi connectivity index (χ1v) is 9.71. The lowest BCUT2D eigenvalue weighted by molar-refractivity contribution is 0.0444. The number of methoxy groups -OCH3 is 3. The van der Waals surface area contributed by atoms with Crippen LogP contribution in [0.15, 0.2) is 22.6 Å². The van der Waals surface area contributed by atoms with E-state index in [-0.39, 0.29) is 18.4 Å². The van der Waals surface area contributed by atoms with Gasteiger partial charge in [0.15, 0.2) is 18.1 Å². The Bertz CT molecular complexity index is 985. The molecule has 0 saturated carbocycles. The first-order chi connectivity index (χ1) is 14.0. The molecule has 29 heavy (non-hydrogen) atoms. The van der Waals surface area contributed by atoms with Crippen molar-refractivity contribution in [1.29, 1.82) is 0 Å². The van der Waals surface area contributed by atoms with Gasteiger partial charge < -0.3 is 23.4 Å². The summed E-state index contributed by atoms with van der Waals surface area (Å²) in [6.45, 7) is 3.92. The van der Waals surface area contributed by atoms with Crippen molar-refractivity contribution >= 4 is 17.3 Å². The third-order valence-corrected chi connectivity index (χ3v) is 5.38. The van der Waals surface area contributed by atoms with Crippen molar-refractivity contribution in [2.75, 3.05) is 21.3 Å². The number of carbonyl (C=O) groups excluding carboxylic acids is 1. The molecule has 0 radical (unpaired) electrons. The van der Waals surface area contributed by atoms with E-state index in [0.717, 1.165) is 16.9 Å². The molecule has 0 spiro atoms. The molecular weight excluding hydrogens is 396 g/mol. The Morgan fingerprint density at radius 1 is 1.07 bits per heavy atom. The quantitative estimate of drug-likeness (QED) is 0.506. The molecule has 0 amide bonds. The van der Waals surface area contributed by atoms with Crippen molar-refractivity contribution in [2.24, 2.45) is 0 Å². The van der Waals surface area contributed by atoms with Gasteiger partial charge in [0.1, 0.15) is 4.88 Å². The minimum Gasteiger partial charge on any atom is -0.493 e. The summed E-state index contributed by atoms with van der Waals surface area (Å²) < 4.78 is 26.9. The molecule has 3 rings (SSSR count). The summed E-state index contributed by atoms with van der Waals surface area (Å²) in [5.74, 6) is 1.41. The molecule has 0 aliphatic rings. The largest absolute Gasteiger partial charge is 0.493 e. The molecule has 0 atom stereocenters. The molecule has 0 bridgehead atoms. The van der Waals surface area contributed by atoms with Crippen LogP contribution in [0, 0.1) is 6.92 Å². The maximum atomic E-state index is 12.3. The van der Waals surface area contributed by atoms with E-state index in [2.05, 4.69) is 10.2 Å². The number of rotatable bonds is 8. The molecule has 0 aliphatic heterocycles. The molecule has 0 aliphatic carbocycles. The average Bonchev–Trinajstić information content (AvgIpc) is 3.37. The SMILES string of the molecule is CCc1cc(C(=O)OCc2nnc(-c3cc(OC)c(OC)c(OC)c3)o2)sc1C. The van der Waals surface area contributed by atoms with E-state index in [9.17, 15) is 4.79 Å². The van der Waals surface area contributed by atoms with Crippen molar-refractivity contribution < 1.29 is 28.2 Å². The summed E-state index contributed by atoms with van der Waals surface area (Å²) in [6, 6.07) is 5.26. The number of carbonyl (C=O) groups is 1. The Morgan fingerprint density at radius 3 is 2.31 bits per heavy atom. The number of aryl methyl sites for hydroxylation is 2. The number of nitrogens with zero attached hydrogens (tertiary/aromatic N) is 2. The van der Waals surface area contributed by atoms with E-state index in [1.165, 1.54) is 32.7 Å². The van der Waals surface area contributed by atoms with Gasteiger partial charge in [-0.2, -0.15) is 0 Å². The first-order valence-electron chi connectivity index (χ1n) is 8.89. The predicted molar refractivity (Wildman–Crippen MR) is 107 cm³/mol. The maximum Gasteiger partial charge on any atom is 0.348 e. The number of esters is 1. The molecule has 0 saturated heterocycles. The van der Waals surface area contributed by atoms with Gasteiger partial charge in [-0.3, -0.25) is 0 Å². The van der Waals surface area contributed by atoms with Gasteiger partial charge in [-0.25, -0.2) is 4.79 Å². The van der Waals surface area contributed by atoms with Crippen LogP contribution in [0.25, 0.3) is 11.5 Å². The van der Waals surface area contributed by atoms with Crippen molar-refractivity contribution in [3.8, 4) is 28.7 Å². The Balaban J connectivity index is 1.74. The Hall–Kier alpha value is -3.07. The summed E-state index contributed by atoms with van der Waals surface area (Å²) in [4.78, 5) is 13.9. The van der Waals surface area contributed by atoms with E-state index in [4.69, 9.17) is 23.4 Å². The van der Waals surface area contributed by atoms with Gasteiger partial charge in [-0.05, 0) is 37.1 Å². The lowest BCUT2D eigenvalue weighted by Crippen LogP contribution is -2.03. The summed E-state index contributed by atoms with van der Waals surface area (Å²) >= 11 is 1.42. The summed E-state index contributed by atoms with van der Waals surface area (Å²) in [5.41, 5.74) is 1.73. The van der Waals surface area contributed by atoms with Crippen molar-refractivity contribution in [2.45, 2.75) is 26.9 Å². The lowest BCUT2D eigenvalue weighted by Gasteiger charge is -2.12. The molecule has 8 nitrogen and oxygen atoms in total. The summed E-state index contributed by atoms with van der Waals surface area (Å²) in [5, 5.41) is 7.96. The monoisotopic (exact) mass is 418 g/mol. The van der Waals surface area contributed by atoms with Crippen LogP contribution < -0.4 is 14.2 Å². The third kappa shape index (κ3) is 4.34. The third-order valence-electron chi connectivity index (χ3n) is 4.31. The summed E-state index contributed by atoms with van der Waals surface area (Å²) in [7, 11) is 4.57. The Labute approximate surface area is 172 Å². The minimum atomic E-state index is -0.412. The lowest BCUT2D eigenvalue weighted by atomic mass is 10.2. The number of aromatic nitrogens is 2. The van der Waals surface area contributed by atoms with Crippen LogP contribution in [0.1, 0.15) is 32.9 Å². The maximum absolute atomic E-state index is 12.3. The Morgan fingerprint density at radius 2 is 1.76 bits per heavy atom. The molecule has 9 heteroatoms. The number of thiophene rings is 1. The smallest absolute Gasteiger partial charge is 0.348 e. The highest BCUT2D eigenvalue weighted by Gasteiger charge is 2.19. The molecule has 0 N–H and O–H groups in total. The molecule has 2 heterocycles. The van der Waals surface area contributed by atoms with Gasteiger partial charge in [0.25, 0.3) is 5.89 Å². The number of ether oxygens (including phenoxy) is 4. The first kappa shape index (κ1) is 20.7. The van der Waals surface area contributed by atoms with E-state index >= 15 is 0 Å². The van der Waals surface area contributed by atoms with Crippen LogP contribution in [-0.4, -0.2) is 37.5 Å². The van der Waals surface area contributed by atoms with Gasteiger partial charge in [-0.1, -0.05) is 6.92 Å². The molecule has 0 unspecified atom stereocenters. The van der Waals surface area contributed by atoms with Crippen LogP contribution >= 0.6 is 11.3 Å². The number of hydrogen-bond acceptors (Lipinski definition) is 9. The fourth-order valence-electron chi connectivity index (χ4n) is 2.80. The molecule has 2 aromatic heterocycles. The zero-order valence-electron chi connectivity index (χ0n) is 16.9. The van der Waals surface area contributed by atoms with E-state index in [0.29, 0.717) is 27.7 Å². The Kier molecular flexibility index (Phi) is 6.38. The second kappa shape index (κ2) is 8.95. The fraction of sp³-hybridized carbons (Fsp3) is 0.350. The average molecular weight is 418 g/mol. The highest BCUT2D eigenvalue weighted by atomic mass is 32.1. The van der Waals surface area contributed by atoms with Crippen LogP contribution in [-0.2, 0) is 17.8 Å². The second-order valence-electron chi connectivity index (χ2n) is 6.04. The van der Waals surface area contributed by atoms with Crippen LogP contribution in [0.4, 0.5) is 0 Å². The molecular formula is C20H22N2O6S. The van der Waals surface area contributed by atoms with Crippen molar-refractivity contribution in [3.05, 3.63) is 39.4 Å². The molecule has 154 valence electrons. The topological polar surface area (TPSA) is 92.9 Å². The predicted octanol–water partition coefficient (Wildman–Crippen LogP) is 4.05. The van der Waals surface area contributed by atoms with E-state index in [1.54, 1.807) is 12.1 Å². The van der Waals surface area contributed by atoms with Crippen LogP contribution in [0.5, 0.6) is 17.2 Å². The zero-order chi connectivity index (χ0) is 21.0. The highest BCUT2D eigenvalue weighted by molar-refractivity contribution is 7.14. The molecule has 3 aromatic rings. The van der Waals surface area contributed by atoms with Crippen molar-refractivity contribution in [1.82, 2.24) is 10.2 Å². The normalized spacial score (nSPS) is 10.7. The van der Waals surface area contributed by atoms with Gasteiger partial charge >= 0.3 is 5.97 Å². The van der Waals surface area contributed by atoms with E-state index < -0.39 is 5.97 Å². The molecule has 1 aromatic carbocycles. The van der Waals surface area contributed by atoms with Gasteiger partial charge in [0.05, 0.1) is 21.3 Å². The minimum absolute atomic E-state index is 0.116. The molecule has 0 fully saturated rings. The standard InChI is InChI=1S/C20H22N2O6S/c1-6-12-9-16(29-11(12)2)20(23)27-10-17-21-22-19(28-17)13-7-14(24-3)18(26-5)15(8-13)25-4/h7-9H,6,10H2,1-5H3. The van der Waals surface area contributed by atoms with Gasteiger partial charge in [-0.15, -0.1) is 21.5 Å². The van der Waals surface area contributed by atoms with Crippen LogP contribution in [0.2, 0.25) is 0 Å². The zero-order valence-corrected chi connectivity index (χ0v) is 17.7. The van der Waals surface area contributed by atoms with Crippen molar-refractivity contribution in [3.63, 3.8) is 0 Å². The van der Waals surface area contributed by atoms with E-state index in [1.807, 2.05) is 19.9 Å². The fourth-order valence-corrected chi connectivity index (χ4v) is 3.81. The van der Waals surface area contributed by atoms with Gasteiger partial charge in [0, 0.05) is 10.4 Å².